The van der Waals surface area contributed by atoms with E-state index in [2.05, 4.69) is 55.6 Å². The van der Waals surface area contributed by atoms with Crippen LogP contribution in [0.15, 0.2) is 36.5 Å². The van der Waals surface area contributed by atoms with Gasteiger partial charge in [-0.1, -0.05) is 314 Å². The molecule has 4 unspecified atom stereocenters. The number of rotatable bonds is 59. The van der Waals surface area contributed by atoms with Gasteiger partial charge >= 0.3 is 0 Å². The van der Waals surface area contributed by atoms with Crippen LogP contribution in [0, 0.1) is 0 Å². The highest BCUT2D eigenvalue weighted by atomic mass is 16.3. The Labute approximate surface area is 443 Å². The van der Waals surface area contributed by atoms with Crippen molar-refractivity contribution in [2.45, 2.75) is 366 Å². The van der Waals surface area contributed by atoms with Crippen molar-refractivity contribution in [1.82, 2.24) is 5.32 Å². The van der Waals surface area contributed by atoms with Crippen LogP contribution < -0.4 is 5.32 Å². The summed E-state index contributed by atoms with van der Waals surface area (Å²) >= 11 is 0. The number of hydrogen-bond donors (Lipinski definition) is 5. The number of carbonyl (C=O) groups excluding carboxylic acids is 1. The summed E-state index contributed by atoms with van der Waals surface area (Å²) in [6.45, 7) is 4.08. The third kappa shape index (κ3) is 53.2. The van der Waals surface area contributed by atoms with Gasteiger partial charge in [0.2, 0.25) is 5.91 Å². The molecule has 0 aromatic rings. The van der Waals surface area contributed by atoms with Crippen molar-refractivity contribution in [3.63, 3.8) is 0 Å². The molecular formula is C65H125NO5. The fraction of sp³-hybridized carbons (Fsp3) is 0.892. The monoisotopic (exact) mass is 1000 g/mol. The van der Waals surface area contributed by atoms with Crippen LogP contribution in [0.3, 0.4) is 0 Å². The van der Waals surface area contributed by atoms with Crippen molar-refractivity contribution in [3.8, 4) is 0 Å². The maximum absolute atomic E-state index is 12.6. The largest absolute Gasteiger partial charge is 0.394 e. The van der Waals surface area contributed by atoms with E-state index < -0.39 is 36.9 Å². The zero-order valence-electron chi connectivity index (χ0n) is 47.7. The van der Waals surface area contributed by atoms with E-state index in [0.717, 1.165) is 51.4 Å². The molecule has 5 N–H and O–H groups in total. The molecule has 0 aliphatic carbocycles. The fourth-order valence-corrected chi connectivity index (χ4v) is 10.1. The summed E-state index contributed by atoms with van der Waals surface area (Å²) in [5.41, 5.74) is 0. The topological polar surface area (TPSA) is 110 Å². The van der Waals surface area contributed by atoms with Gasteiger partial charge in [0.15, 0.2) is 0 Å². The zero-order chi connectivity index (χ0) is 51.6. The summed E-state index contributed by atoms with van der Waals surface area (Å²) < 4.78 is 0. The van der Waals surface area contributed by atoms with Crippen molar-refractivity contribution in [1.29, 1.82) is 0 Å². The second-order valence-electron chi connectivity index (χ2n) is 22.1. The number of nitrogens with one attached hydrogen (secondary N) is 1. The van der Waals surface area contributed by atoms with Crippen LogP contribution in [0.5, 0.6) is 0 Å². The van der Waals surface area contributed by atoms with E-state index in [0.29, 0.717) is 19.3 Å². The summed E-state index contributed by atoms with van der Waals surface area (Å²) in [7, 11) is 0. The Hall–Kier alpha value is -1.47. The van der Waals surface area contributed by atoms with Gasteiger partial charge in [0.1, 0.15) is 12.2 Å². The Balaban J connectivity index is 3.64. The molecule has 420 valence electrons. The van der Waals surface area contributed by atoms with E-state index in [1.807, 2.05) is 0 Å². The van der Waals surface area contributed by atoms with Crippen LogP contribution in [0.4, 0.5) is 0 Å². The molecule has 0 aromatic carbocycles. The first-order valence-corrected chi connectivity index (χ1v) is 31.9. The average Bonchev–Trinajstić information content (AvgIpc) is 3.38. The molecule has 0 saturated carbocycles. The van der Waals surface area contributed by atoms with E-state index in [1.165, 1.54) is 257 Å². The fourth-order valence-electron chi connectivity index (χ4n) is 10.1. The predicted octanol–water partition coefficient (Wildman–Crippen LogP) is 19.1. The first-order valence-electron chi connectivity index (χ1n) is 31.9. The molecule has 0 fully saturated rings. The summed E-state index contributed by atoms with van der Waals surface area (Å²) in [6, 6.07) is -1.01. The molecular weight excluding hydrogens is 875 g/mol. The number of aliphatic hydroxyl groups excluding tert-OH is 4. The molecule has 0 aliphatic rings. The Kier molecular flexibility index (Phi) is 58.2. The first-order chi connectivity index (χ1) is 35.0. The molecule has 0 rings (SSSR count). The third-order valence-electron chi connectivity index (χ3n) is 15.1. The van der Waals surface area contributed by atoms with Crippen molar-refractivity contribution in [2.24, 2.45) is 0 Å². The maximum Gasteiger partial charge on any atom is 0.249 e. The molecule has 0 heterocycles. The van der Waals surface area contributed by atoms with Gasteiger partial charge in [-0.15, -0.1) is 0 Å². The van der Waals surface area contributed by atoms with Crippen LogP contribution in [0.1, 0.15) is 341 Å². The SMILES string of the molecule is CCCCCCCCCCCCCCCCC/C=C/CC/C=C/CC/C=C/CCCC(O)C(O)C(CO)NC(=O)C(O)CCCCCCCCCCCCCCCCCCCCCCCCCCCCC. The number of carbonyl (C=O) groups is 1. The Morgan fingerprint density at radius 1 is 0.338 bits per heavy atom. The highest BCUT2D eigenvalue weighted by Crippen LogP contribution is 2.18. The molecule has 0 radical (unpaired) electrons. The molecule has 6 nitrogen and oxygen atoms in total. The molecule has 0 spiro atoms. The third-order valence-corrected chi connectivity index (χ3v) is 15.1. The van der Waals surface area contributed by atoms with E-state index in [-0.39, 0.29) is 0 Å². The first kappa shape index (κ1) is 69.5. The number of amides is 1. The molecule has 0 bridgehead atoms. The van der Waals surface area contributed by atoms with Crippen LogP contribution in [0.2, 0.25) is 0 Å². The quantitative estimate of drug-likeness (QED) is 0.0308. The van der Waals surface area contributed by atoms with Gasteiger partial charge in [-0.05, 0) is 64.2 Å². The summed E-state index contributed by atoms with van der Waals surface area (Å²) in [5, 5.41) is 44.1. The van der Waals surface area contributed by atoms with E-state index in [4.69, 9.17) is 0 Å². The molecule has 6 heteroatoms. The second-order valence-corrected chi connectivity index (χ2v) is 22.1. The van der Waals surface area contributed by atoms with Crippen molar-refractivity contribution >= 4 is 5.91 Å². The average molecular weight is 1000 g/mol. The molecule has 4 atom stereocenters. The Morgan fingerprint density at radius 2 is 0.592 bits per heavy atom. The minimum atomic E-state index is -1.29. The van der Waals surface area contributed by atoms with Crippen molar-refractivity contribution < 1.29 is 25.2 Å². The normalized spacial score (nSPS) is 13.8. The standard InChI is InChI=1S/C65H125NO5/c1-3-5-7-9-11-13-15-17-19-21-23-25-27-29-31-33-34-36-38-40-42-44-46-48-50-52-54-56-58-62(68)64(70)61(60-67)66-65(71)63(69)59-57-55-53-51-49-47-45-43-41-39-37-35-32-30-28-26-24-22-20-18-16-14-12-10-8-6-4-2/h34,36,42,44,50,52,61-64,67-70H,3-33,35,37-41,43,45-49,51,53-60H2,1-2H3,(H,66,71)/b36-34+,44-42+,52-50+. The Morgan fingerprint density at radius 3 is 0.887 bits per heavy atom. The second kappa shape index (κ2) is 59.4. The highest BCUT2D eigenvalue weighted by molar-refractivity contribution is 5.80. The zero-order valence-corrected chi connectivity index (χ0v) is 47.7. The number of hydrogen-bond acceptors (Lipinski definition) is 5. The smallest absolute Gasteiger partial charge is 0.249 e. The van der Waals surface area contributed by atoms with Crippen molar-refractivity contribution in [2.75, 3.05) is 6.61 Å². The lowest BCUT2D eigenvalue weighted by atomic mass is 10.00. The minimum absolute atomic E-state index is 0.362. The van der Waals surface area contributed by atoms with Gasteiger partial charge in [0.05, 0.1) is 18.8 Å². The summed E-state index contributed by atoms with van der Waals surface area (Å²) in [5.74, 6) is -0.593. The van der Waals surface area contributed by atoms with Crippen LogP contribution in [-0.4, -0.2) is 57.3 Å². The van der Waals surface area contributed by atoms with Crippen LogP contribution in [-0.2, 0) is 4.79 Å². The highest BCUT2D eigenvalue weighted by Gasteiger charge is 2.28. The van der Waals surface area contributed by atoms with Crippen LogP contribution in [0.25, 0.3) is 0 Å². The summed E-state index contributed by atoms with van der Waals surface area (Å²) in [6.07, 6.45) is 75.3. The van der Waals surface area contributed by atoms with Gasteiger partial charge in [0.25, 0.3) is 0 Å². The minimum Gasteiger partial charge on any atom is -0.394 e. The van der Waals surface area contributed by atoms with Gasteiger partial charge < -0.3 is 25.7 Å². The van der Waals surface area contributed by atoms with E-state index in [9.17, 15) is 25.2 Å². The number of allylic oxidation sites excluding steroid dienone is 6. The molecule has 71 heavy (non-hydrogen) atoms. The molecule has 0 saturated heterocycles. The number of aliphatic hydroxyl groups is 4. The van der Waals surface area contributed by atoms with Gasteiger partial charge in [0, 0.05) is 0 Å². The van der Waals surface area contributed by atoms with Crippen molar-refractivity contribution in [3.05, 3.63) is 36.5 Å². The van der Waals surface area contributed by atoms with E-state index >= 15 is 0 Å². The number of unbranched alkanes of at least 4 members (excludes halogenated alkanes) is 44. The summed E-state index contributed by atoms with van der Waals surface area (Å²) in [4.78, 5) is 12.6. The molecule has 0 aromatic heterocycles. The van der Waals surface area contributed by atoms with Crippen LogP contribution >= 0.6 is 0 Å². The van der Waals surface area contributed by atoms with E-state index in [1.54, 1.807) is 0 Å². The lowest BCUT2D eigenvalue weighted by Crippen LogP contribution is -2.53. The maximum atomic E-state index is 12.6. The molecule has 0 aliphatic heterocycles. The Bertz CT molecular complexity index is 1120. The van der Waals surface area contributed by atoms with Gasteiger partial charge in [-0.25, -0.2) is 0 Å². The lowest BCUT2D eigenvalue weighted by molar-refractivity contribution is -0.132. The van der Waals surface area contributed by atoms with Gasteiger partial charge in [-0.2, -0.15) is 0 Å². The molecule has 1 amide bonds. The lowest BCUT2D eigenvalue weighted by Gasteiger charge is -2.27. The van der Waals surface area contributed by atoms with Gasteiger partial charge in [-0.3, -0.25) is 4.79 Å². The predicted molar refractivity (Wildman–Crippen MR) is 311 cm³/mol.